The van der Waals surface area contributed by atoms with E-state index in [1.165, 1.54) is 24.3 Å². The molecule has 0 aliphatic rings. The molecule has 0 unspecified atom stereocenters. The van der Waals surface area contributed by atoms with Crippen molar-refractivity contribution in [1.29, 1.82) is 0 Å². The summed E-state index contributed by atoms with van der Waals surface area (Å²) in [6.07, 6.45) is 1.57. The number of nitrogens with one attached hydrogen (secondary N) is 2. The normalized spacial score (nSPS) is 10.9. The highest BCUT2D eigenvalue weighted by atomic mass is 32.2. The van der Waals surface area contributed by atoms with Crippen LogP contribution < -0.4 is 10.0 Å². The largest absolute Gasteiger partial charge is 0.349 e. The minimum Gasteiger partial charge on any atom is -0.349 e. The first kappa shape index (κ1) is 17.7. The Morgan fingerprint density at radius 1 is 1.12 bits per heavy atom. The van der Waals surface area contributed by atoms with E-state index < -0.39 is 10.0 Å². The van der Waals surface area contributed by atoms with Crippen molar-refractivity contribution in [3.63, 3.8) is 0 Å². The molecular formula is C18H20N2O3S. The maximum atomic E-state index is 12.5. The van der Waals surface area contributed by atoms with Gasteiger partial charge in [-0.1, -0.05) is 18.2 Å². The van der Waals surface area contributed by atoms with Gasteiger partial charge < -0.3 is 5.32 Å². The fourth-order valence-electron chi connectivity index (χ4n) is 2.12. The van der Waals surface area contributed by atoms with Gasteiger partial charge >= 0.3 is 0 Å². The second kappa shape index (κ2) is 7.31. The Morgan fingerprint density at radius 3 is 2.42 bits per heavy atom. The SMILES string of the molecule is C=CCNC(=O)c1ccc(S(=O)(=O)Nc2cccc(C)c2C)cc1. The molecular weight excluding hydrogens is 324 g/mol. The predicted octanol–water partition coefficient (Wildman–Crippen LogP) is 3.02. The number of amides is 1. The van der Waals surface area contributed by atoms with Gasteiger partial charge in [0.25, 0.3) is 15.9 Å². The van der Waals surface area contributed by atoms with Crippen LogP contribution in [0.3, 0.4) is 0 Å². The molecule has 1 amide bonds. The first-order valence-corrected chi connectivity index (χ1v) is 8.91. The number of aryl methyl sites for hydroxylation is 1. The van der Waals surface area contributed by atoms with E-state index >= 15 is 0 Å². The minimum absolute atomic E-state index is 0.101. The summed E-state index contributed by atoms with van der Waals surface area (Å²) in [4.78, 5) is 11.9. The Morgan fingerprint density at radius 2 is 1.79 bits per heavy atom. The molecule has 0 aliphatic carbocycles. The molecule has 0 radical (unpaired) electrons. The van der Waals surface area contributed by atoms with Crippen molar-refractivity contribution >= 4 is 21.6 Å². The molecule has 2 rings (SSSR count). The number of hydrogen-bond donors (Lipinski definition) is 2. The van der Waals surface area contributed by atoms with E-state index in [1.807, 2.05) is 19.9 Å². The molecule has 2 aromatic rings. The molecule has 0 heterocycles. The number of sulfonamides is 1. The summed E-state index contributed by atoms with van der Waals surface area (Å²) in [6, 6.07) is 11.2. The maximum Gasteiger partial charge on any atom is 0.261 e. The summed E-state index contributed by atoms with van der Waals surface area (Å²) in [5, 5.41) is 2.64. The van der Waals surface area contributed by atoms with Crippen molar-refractivity contribution in [3.8, 4) is 0 Å². The van der Waals surface area contributed by atoms with Gasteiger partial charge in [-0.2, -0.15) is 0 Å². The Bertz CT molecular complexity index is 856. The Hall–Kier alpha value is -2.60. The third kappa shape index (κ3) is 4.02. The molecule has 24 heavy (non-hydrogen) atoms. The van der Waals surface area contributed by atoms with E-state index in [0.717, 1.165) is 11.1 Å². The Labute approximate surface area is 142 Å². The lowest BCUT2D eigenvalue weighted by molar-refractivity contribution is 0.0958. The molecule has 0 saturated heterocycles. The van der Waals surface area contributed by atoms with Gasteiger partial charge in [0.15, 0.2) is 0 Å². The standard InChI is InChI=1S/C18H20N2O3S/c1-4-12-19-18(21)15-8-10-16(11-9-15)24(22,23)20-17-7-5-6-13(2)14(17)3/h4-11,20H,1,12H2,2-3H3,(H,19,21). The van der Waals surface area contributed by atoms with E-state index in [-0.39, 0.29) is 10.8 Å². The average Bonchev–Trinajstić information content (AvgIpc) is 2.57. The molecule has 6 heteroatoms. The molecule has 126 valence electrons. The van der Waals surface area contributed by atoms with Crippen molar-refractivity contribution in [1.82, 2.24) is 5.32 Å². The monoisotopic (exact) mass is 344 g/mol. The zero-order valence-corrected chi connectivity index (χ0v) is 14.5. The number of benzene rings is 2. The summed E-state index contributed by atoms with van der Waals surface area (Å²) < 4.78 is 27.6. The van der Waals surface area contributed by atoms with Crippen LogP contribution in [0, 0.1) is 13.8 Å². The third-order valence-corrected chi connectivity index (χ3v) is 5.06. The van der Waals surface area contributed by atoms with Gasteiger partial charge in [-0.3, -0.25) is 9.52 Å². The molecule has 0 spiro atoms. The predicted molar refractivity (Wildman–Crippen MR) is 95.7 cm³/mol. The average molecular weight is 344 g/mol. The van der Waals surface area contributed by atoms with Crippen LogP contribution in [0.15, 0.2) is 60.0 Å². The molecule has 0 fully saturated rings. The zero-order valence-electron chi connectivity index (χ0n) is 13.7. The van der Waals surface area contributed by atoms with Crippen molar-refractivity contribution < 1.29 is 13.2 Å². The summed E-state index contributed by atoms with van der Waals surface area (Å²) >= 11 is 0. The van der Waals surface area contributed by atoms with Crippen LogP contribution in [-0.2, 0) is 10.0 Å². The number of hydrogen-bond acceptors (Lipinski definition) is 3. The fourth-order valence-corrected chi connectivity index (χ4v) is 3.24. The van der Waals surface area contributed by atoms with Gasteiger partial charge in [0.2, 0.25) is 0 Å². The number of anilines is 1. The summed E-state index contributed by atoms with van der Waals surface area (Å²) in [5.74, 6) is -0.277. The number of carbonyl (C=O) groups excluding carboxylic acids is 1. The molecule has 0 saturated carbocycles. The van der Waals surface area contributed by atoms with E-state index in [1.54, 1.807) is 18.2 Å². The van der Waals surface area contributed by atoms with Crippen molar-refractivity contribution in [2.24, 2.45) is 0 Å². The second-order valence-electron chi connectivity index (χ2n) is 5.38. The number of carbonyl (C=O) groups is 1. The summed E-state index contributed by atoms with van der Waals surface area (Å²) in [7, 11) is -3.71. The van der Waals surface area contributed by atoms with Crippen LogP contribution in [0.4, 0.5) is 5.69 Å². The van der Waals surface area contributed by atoms with Gasteiger partial charge in [-0.15, -0.1) is 6.58 Å². The molecule has 2 N–H and O–H groups in total. The summed E-state index contributed by atoms with van der Waals surface area (Å²) in [5.41, 5.74) is 2.82. The highest BCUT2D eigenvalue weighted by Gasteiger charge is 2.16. The molecule has 0 atom stereocenters. The smallest absolute Gasteiger partial charge is 0.261 e. The van der Waals surface area contributed by atoms with E-state index in [9.17, 15) is 13.2 Å². The van der Waals surface area contributed by atoms with Crippen molar-refractivity contribution in [2.45, 2.75) is 18.7 Å². The third-order valence-electron chi connectivity index (χ3n) is 3.68. The van der Waals surface area contributed by atoms with Crippen LogP contribution in [0.2, 0.25) is 0 Å². The molecule has 0 aromatic heterocycles. The Kier molecular flexibility index (Phi) is 5.41. The first-order chi connectivity index (χ1) is 11.3. The Balaban J connectivity index is 2.22. The minimum atomic E-state index is -3.71. The van der Waals surface area contributed by atoms with Gasteiger partial charge in [0.05, 0.1) is 10.6 Å². The first-order valence-electron chi connectivity index (χ1n) is 7.43. The molecule has 2 aromatic carbocycles. The summed E-state index contributed by atoms with van der Waals surface area (Å²) in [6.45, 7) is 7.66. The van der Waals surface area contributed by atoms with E-state index in [2.05, 4.69) is 16.6 Å². The topological polar surface area (TPSA) is 75.3 Å². The van der Waals surface area contributed by atoms with Gasteiger partial charge in [0, 0.05) is 12.1 Å². The van der Waals surface area contributed by atoms with Crippen LogP contribution in [-0.4, -0.2) is 20.9 Å². The molecule has 5 nitrogen and oxygen atoms in total. The lowest BCUT2D eigenvalue weighted by atomic mass is 10.1. The second-order valence-corrected chi connectivity index (χ2v) is 7.06. The van der Waals surface area contributed by atoms with Crippen LogP contribution in [0.5, 0.6) is 0 Å². The van der Waals surface area contributed by atoms with Crippen LogP contribution in [0.1, 0.15) is 21.5 Å². The lowest BCUT2D eigenvalue weighted by Gasteiger charge is -2.12. The lowest BCUT2D eigenvalue weighted by Crippen LogP contribution is -2.23. The van der Waals surface area contributed by atoms with Gasteiger partial charge in [-0.25, -0.2) is 8.42 Å². The quantitative estimate of drug-likeness (QED) is 0.791. The molecule has 0 aliphatic heterocycles. The fraction of sp³-hybridized carbons (Fsp3) is 0.167. The van der Waals surface area contributed by atoms with Crippen molar-refractivity contribution in [2.75, 3.05) is 11.3 Å². The van der Waals surface area contributed by atoms with E-state index in [4.69, 9.17) is 0 Å². The highest BCUT2D eigenvalue weighted by molar-refractivity contribution is 7.92. The van der Waals surface area contributed by atoms with Crippen LogP contribution in [0.25, 0.3) is 0 Å². The zero-order chi connectivity index (χ0) is 17.7. The van der Waals surface area contributed by atoms with E-state index in [0.29, 0.717) is 17.8 Å². The highest BCUT2D eigenvalue weighted by Crippen LogP contribution is 2.22. The van der Waals surface area contributed by atoms with Crippen molar-refractivity contribution in [3.05, 3.63) is 71.8 Å². The van der Waals surface area contributed by atoms with Gasteiger partial charge in [0.1, 0.15) is 0 Å². The number of rotatable bonds is 6. The van der Waals surface area contributed by atoms with Gasteiger partial charge in [-0.05, 0) is 55.3 Å². The maximum absolute atomic E-state index is 12.5. The van der Waals surface area contributed by atoms with Crippen LogP contribution >= 0.6 is 0 Å². The molecule has 0 bridgehead atoms.